The average molecular weight is 417 g/mol. The molecule has 2 fully saturated rings. The van der Waals surface area contributed by atoms with Crippen LogP contribution < -0.4 is 5.32 Å². The van der Waals surface area contributed by atoms with Gasteiger partial charge < -0.3 is 5.32 Å². The Kier molecular flexibility index (Phi) is 5.26. The number of hydrogen-bond acceptors (Lipinski definition) is 6. The number of fused-ring (bicyclic) bond motifs is 2. The Morgan fingerprint density at radius 1 is 1.24 bits per heavy atom. The van der Waals surface area contributed by atoms with Crippen LogP contribution in [0.15, 0.2) is 36.4 Å². The molecule has 0 spiro atoms. The number of rotatable bonds is 4. The van der Waals surface area contributed by atoms with Crippen molar-refractivity contribution in [2.45, 2.75) is 31.8 Å². The largest absolute Gasteiger partial charge is 0.347 e. The van der Waals surface area contributed by atoms with Gasteiger partial charge in [0, 0.05) is 31.1 Å². The first-order valence-corrected chi connectivity index (χ1v) is 11.4. The first-order valence-electron chi connectivity index (χ1n) is 9.84. The molecule has 2 amide bonds. The van der Waals surface area contributed by atoms with Crippen LogP contribution in [0.3, 0.4) is 0 Å². The molecule has 0 radical (unpaired) electrons. The molecule has 2 unspecified atom stereocenters. The minimum Gasteiger partial charge on any atom is -0.347 e. The smallest absolute Gasteiger partial charge is 0.270 e. The fourth-order valence-corrected chi connectivity index (χ4v) is 5.60. The van der Waals surface area contributed by atoms with Crippen LogP contribution >= 0.6 is 0 Å². The standard InChI is InChI=1S/C20H24N4O4S/c1-2-9-24-20(26)18-12-15(13-23(18)10-11-29(24,27)28)21-19(25)17-8-7-14-5-3-4-6-16(14)22-17/h3-8,15,18H,2,9-13H2,1H3,(H,21,25). The van der Waals surface area contributed by atoms with Crippen molar-refractivity contribution in [3.8, 4) is 0 Å². The van der Waals surface area contributed by atoms with Crippen molar-refractivity contribution in [1.82, 2.24) is 19.5 Å². The highest BCUT2D eigenvalue weighted by Gasteiger charge is 2.45. The zero-order chi connectivity index (χ0) is 20.6. The van der Waals surface area contributed by atoms with E-state index in [1.165, 1.54) is 0 Å². The van der Waals surface area contributed by atoms with Gasteiger partial charge in [0.15, 0.2) is 0 Å². The number of hydrogen-bond donors (Lipinski definition) is 1. The molecule has 0 saturated carbocycles. The first kappa shape index (κ1) is 19.8. The number of aromatic nitrogens is 1. The van der Waals surface area contributed by atoms with Crippen molar-refractivity contribution in [2.24, 2.45) is 0 Å². The third-order valence-corrected chi connectivity index (χ3v) is 7.23. The second-order valence-electron chi connectivity index (χ2n) is 7.53. The Morgan fingerprint density at radius 2 is 2.03 bits per heavy atom. The lowest BCUT2D eigenvalue weighted by Gasteiger charge is -2.23. The SMILES string of the molecule is CCCN1C(=O)C2CC(NC(=O)c3ccc4ccccc4n3)CN2CCS1(=O)=O. The summed E-state index contributed by atoms with van der Waals surface area (Å²) in [5, 5.41) is 3.92. The Balaban J connectivity index is 1.48. The zero-order valence-corrected chi connectivity index (χ0v) is 17.1. The van der Waals surface area contributed by atoms with Crippen LogP contribution in [-0.4, -0.2) is 71.9 Å². The summed E-state index contributed by atoms with van der Waals surface area (Å²) in [6.45, 7) is 2.79. The van der Waals surface area contributed by atoms with Gasteiger partial charge in [-0.25, -0.2) is 17.7 Å². The van der Waals surface area contributed by atoms with Gasteiger partial charge in [-0.1, -0.05) is 31.2 Å². The lowest BCUT2D eigenvalue weighted by molar-refractivity contribution is -0.130. The quantitative estimate of drug-likeness (QED) is 0.798. The molecular weight excluding hydrogens is 392 g/mol. The fourth-order valence-electron chi connectivity index (χ4n) is 4.06. The third-order valence-electron chi connectivity index (χ3n) is 5.50. The molecule has 3 heterocycles. The maximum absolute atomic E-state index is 12.9. The zero-order valence-electron chi connectivity index (χ0n) is 16.2. The maximum Gasteiger partial charge on any atom is 0.270 e. The van der Waals surface area contributed by atoms with Crippen LogP contribution in [0.4, 0.5) is 0 Å². The van der Waals surface area contributed by atoms with Crippen LogP contribution in [0.2, 0.25) is 0 Å². The van der Waals surface area contributed by atoms with Crippen LogP contribution in [0.25, 0.3) is 10.9 Å². The molecule has 2 atom stereocenters. The monoisotopic (exact) mass is 416 g/mol. The Morgan fingerprint density at radius 3 is 2.83 bits per heavy atom. The van der Waals surface area contributed by atoms with Gasteiger partial charge in [-0.15, -0.1) is 0 Å². The van der Waals surface area contributed by atoms with Gasteiger partial charge in [0.05, 0.1) is 17.3 Å². The average Bonchev–Trinajstić information content (AvgIpc) is 3.09. The second kappa shape index (κ2) is 7.72. The Labute approximate surface area is 169 Å². The number of amides is 2. The molecule has 29 heavy (non-hydrogen) atoms. The van der Waals surface area contributed by atoms with Gasteiger partial charge >= 0.3 is 0 Å². The van der Waals surface area contributed by atoms with Gasteiger partial charge in [-0.2, -0.15) is 0 Å². The number of pyridine rings is 1. The van der Waals surface area contributed by atoms with E-state index >= 15 is 0 Å². The van der Waals surface area contributed by atoms with Gasteiger partial charge in [0.2, 0.25) is 10.0 Å². The van der Waals surface area contributed by atoms with Gasteiger partial charge in [-0.3, -0.25) is 14.5 Å². The summed E-state index contributed by atoms with van der Waals surface area (Å²) in [6.07, 6.45) is 0.972. The molecule has 1 aromatic carbocycles. The highest BCUT2D eigenvalue weighted by molar-refractivity contribution is 7.89. The molecule has 2 saturated heterocycles. The van der Waals surface area contributed by atoms with Crippen molar-refractivity contribution < 1.29 is 18.0 Å². The van der Waals surface area contributed by atoms with E-state index in [0.29, 0.717) is 31.6 Å². The summed E-state index contributed by atoms with van der Waals surface area (Å²) in [5.74, 6) is -0.754. The predicted molar refractivity (Wildman–Crippen MR) is 109 cm³/mol. The molecule has 1 N–H and O–H groups in total. The van der Waals surface area contributed by atoms with Crippen molar-refractivity contribution in [3.05, 3.63) is 42.1 Å². The van der Waals surface area contributed by atoms with Crippen molar-refractivity contribution in [2.75, 3.05) is 25.4 Å². The first-order chi connectivity index (χ1) is 13.9. The Hall–Kier alpha value is -2.52. The molecule has 0 bridgehead atoms. The van der Waals surface area contributed by atoms with E-state index in [0.717, 1.165) is 15.2 Å². The molecule has 2 aromatic rings. The molecule has 9 heteroatoms. The summed E-state index contributed by atoms with van der Waals surface area (Å²) in [6, 6.07) is 10.4. The minimum absolute atomic E-state index is 0.0812. The van der Waals surface area contributed by atoms with Crippen LogP contribution in [-0.2, 0) is 14.8 Å². The summed E-state index contributed by atoms with van der Waals surface area (Å²) in [5.41, 5.74) is 1.07. The van der Waals surface area contributed by atoms with Crippen molar-refractivity contribution >= 4 is 32.7 Å². The molecule has 2 aliphatic heterocycles. The predicted octanol–water partition coefficient (Wildman–Crippen LogP) is 0.990. The molecular formula is C20H24N4O4S. The molecule has 154 valence electrons. The molecule has 1 aromatic heterocycles. The molecule has 8 nitrogen and oxygen atoms in total. The van der Waals surface area contributed by atoms with E-state index in [1.807, 2.05) is 42.2 Å². The van der Waals surface area contributed by atoms with E-state index in [-0.39, 0.29) is 30.2 Å². The summed E-state index contributed by atoms with van der Waals surface area (Å²) in [4.78, 5) is 31.8. The minimum atomic E-state index is -3.57. The number of carbonyl (C=O) groups is 2. The van der Waals surface area contributed by atoms with Gasteiger partial charge in [0.25, 0.3) is 11.8 Å². The van der Waals surface area contributed by atoms with E-state index in [4.69, 9.17) is 0 Å². The normalized spacial score (nSPS) is 24.3. The van der Waals surface area contributed by atoms with E-state index in [2.05, 4.69) is 10.3 Å². The van der Waals surface area contributed by atoms with E-state index in [1.54, 1.807) is 6.07 Å². The Bertz CT molecular complexity index is 1060. The second-order valence-corrected chi connectivity index (χ2v) is 9.55. The highest BCUT2D eigenvalue weighted by atomic mass is 32.2. The highest BCUT2D eigenvalue weighted by Crippen LogP contribution is 2.25. The molecule has 0 aliphatic carbocycles. The number of sulfonamides is 1. The van der Waals surface area contributed by atoms with Crippen LogP contribution in [0.1, 0.15) is 30.3 Å². The summed E-state index contributed by atoms with van der Waals surface area (Å²) < 4.78 is 25.8. The summed E-state index contributed by atoms with van der Waals surface area (Å²) in [7, 11) is -3.57. The number of nitrogens with zero attached hydrogens (tertiary/aromatic N) is 3. The number of para-hydroxylation sites is 1. The van der Waals surface area contributed by atoms with Crippen molar-refractivity contribution in [3.63, 3.8) is 0 Å². The maximum atomic E-state index is 12.9. The van der Waals surface area contributed by atoms with E-state index < -0.39 is 16.1 Å². The summed E-state index contributed by atoms with van der Waals surface area (Å²) >= 11 is 0. The van der Waals surface area contributed by atoms with Crippen LogP contribution in [0, 0.1) is 0 Å². The fraction of sp³-hybridized carbons (Fsp3) is 0.450. The van der Waals surface area contributed by atoms with Crippen molar-refractivity contribution in [1.29, 1.82) is 0 Å². The number of nitrogens with one attached hydrogen (secondary N) is 1. The van der Waals surface area contributed by atoms with E-state index in [9.17, 15) is 18.0 Å². The molecule has 4 rings (SSSR count). The van der Waals surface area contributed by atoms with Gasteiger partial charge in [-0.05, 0) is 25.0 Å². The number of benzene rings is 1. The number of carbonyl (C=O) groups excluding carboxylic acids is 2. The topological polar surface area (TPSA) is 99.7 Å². The van der Waals surface area contributed by atoms with Gasteiger partial charge in [0.1, 0.15) is 5.69 Å². The molecule has 2 aliphatic rings. The lowest BCUT2D eigenvalue weighted by Crippen LogP contribution is -2.44. The third kappa shape index (κ3) is 3.84. The lowest BCUT2D eigenvalue weighted by atomic mass is 10.1. The van der Waals surface area contributed by atoms with Crippen LogP contribution in [0.5, 0.6) is 0 Å².